The normalized spacial score (nSPS) is 58.5. The van der Waals surface area contributed by atoms with E-state index in [1.54, 1.807) is 0 Å². The third-order valence-electron chi connectivity index (χ3n) is 15.6. The monoisotopic (exact) mass is 724 g/mol. The molecule has 0 aromatic rings. The second-order valence-electron chi connectivity index (χ2n) is 18.2. The summed E-state index contributed by atoms with van der Waals surface area (Å²) >= 11 is 0. The van der Waals surface area contributed by atoms with E-state index in [0.29, 0.717) is 48.2 Å². The van der Waals surface area contributed by atoms with Gasteiger partial charge in [0.05, 0.1) is 32.0 Å². The van der Waals surface area contributed by atoms with E-state index in [1.165, 1.54) is 0 Å². The molecule has 0 bridgehead atoms. The van der Waals surface area contributed by atoms with Gasteiger partial charge in [-0.25, -0.2) is 0 Å². The SMILES string of the molecule is C[C@@H]1CC[C@@]2(OC1)O[C@H]1C[C@H]3[C@@H]4CC[C@H]5C[C@@H](O[C@@H]6O[C@H](CO[C@@H]7OC[C@H](O)[C@H](O)[C@H]7O)[C@@H](O)[C@H](O)[C@H]6O)CC[C@]5(C)[C@H]4CC(=O)[C@]3(C)[C@@H]1[C@@H]2C. The number of carbonyl (C=O) groups excluding carboxylic acids is 1. The van der Waals surface area contributed by atoms with Crippen LogP contribution in [0.2, 0.25) is 0 Å². The lowest BCUT2D eigenvalue weighted by Gasteiger charge is -2.60. The lowest BCUT2D eigenvalue weighted by molar-refractivity contribution is -0.330. The molecule has 21 atom stereocenters. The molecular weight excluding hydrogens is 664 g/mol. The van der Waals surface area contributed by atoms with Crippen LogP contribution in [-0.2, 0) is 33.2 Å². The fourth-order valence-corrected chi connectivity index (χ4v) is 12.5. The average molecular weight is 725 g/mol. The fraction of sp³-hybridized carbons (Fsp3) is 0.974. The Morgan fingerprint density at radius 1 is 0.824 bits per heavy atom. The Morgan fingerprint density at radius 2 is 1.59 bits per heavy atom. The molecule has 51 heavy (non-hydrogen) atoms. The van der Waals surface area contributed by atoms with E-state index in [1.807, 2.05) is 0 Å². The largest absolute Gasteiger partial charge is 0.388 e. The summed E-state index contributed by atoms with van der Waals surface area (Å²) < 4.78 is 36.5. The van der Waals surface area contributed by atoms with Crippen molar-refractivity contribution in [2.24, 2.45) is 52.3 Å². The standard InChI is InChI=1S/C38H60O13/c1-17-7-10-38(48-14-17)18(2)28-25(51-38)12-23-21-6-5-19-11-20(8-9-36(19,3)22(21)13-27(40)37(23,28)4)49-35-33(45)31(43)30(42)26(50-35)16-47-34-32(44)29(41)24(39)15-46-34/h17-26,28-35,39,41-45H,5-16H2,1-4H3/t17-,18+,19+,20+,21-,22+,23+,24+,25+,26-,28-,29+,30-,31+,32-,33-,34+,35-,36+,37-,38-/m1/s1. The van der Waals surface area contributed by atoms with Crippen molar-refractivity contribution in [1.82, 2.24) is 0 Å². The molecule has 4 heterocycles. The van der Waals surface area contributed by atoms with Crippen molar-refractivity contribution in [1.29, 1.82) is 0 Å². The maximum absolute atomic E-state index is 14.5. The minimum absolute atomic E-state index is 0.0229. The van der Waals surface area contributed by atoms with E-state index in [4.69, 9.17) is 28.4 Å². The third-order valence-corrected chi connectivity index (χ3v) is 15.6. The Hall–Kier alpha value is -0.810. The number of carbonyl (C=O) groups is 1. The summed E-state index contributed by atoms with van der Waals surface area (Å²) in [4.78, 5) is 14.5. The second kappa shape index (κ2) is 13.4. The van der Waals surface area contributed by atoms with Gasteiger partial charge in [-0.15, -0.1) is 0 Å². The first kappa shape index (κ1) is 37.1. The highest BCUT2D eigenvalue weighted by Crippen LogP contribution is 2.70. The molecule has 290 valence electrons. The van der Waals surface area contributed by atoms with Crippen molar-refractivity contribution in [2.75, 3.05) is 19.8 Å². The minimum atomic E-state index is -1.56. The molecule has 4 saturated heterocycles. The molecule has 0 radical (unpaired) electrons. The molecule has 8 fully saturated rings. The van der Waals surface area contributed by atoms with Crippen LogP contribution in [0.25, 0.3) is 0 Å². The summed E-state index contributed by atoms with van der Waals surface area (Å²) in [5.74, 6) is 2.14. The predicted octanol–water partition coefficient (Wildman–Crippen LogP) is 1.26. The highest BCUT2D eigenvalue weighted by Gasteiger charge is 2.72. The Labute approximate surface area is 300 Å². The van der Waals surface area contributed by atoms with Gasteiger partial charge in [0, 0.05) is 30.1 Å². The smallest absolute Gasteiger partial charge is 0.186 e. The lowest BCUT2D eigenvalue weighted by Crippen LogP contribution is -2.61. The topological polar surface area (TPSA) is 194 Å². The van der Waals surface area contributed by atoms with E-state index in [2.05, 4.69) is 27.7 Å². The van der Waals surface area contributed by atoms with Crippen molar-refractivity contribution in [2.45, 2.75) is 159 Å². The number of fused-ring (bicyclic) bond motifs is 7. The highest BCUT2D eigenvalue weighted by molar-refractivity contribution is 5.87. The van der Waals surface area contributed by atoms with E-state index >= 15 is 0 Å². The molecule has 1 spiro atoms. The average Bonchev–Trinajstić information content (AvgIpc) is 3.56. The van der Waals surface area contributed by atoms with Crippen LogP contribution in [0.3, 0.4) is 0 Å². The van der Waals surface area contributed by atoms with Gasteiger partial charge in [-0.1, -0.05) is 27.7 Å². The van der Waals surface area contributed by atoms with Crippen LogP contribution >= 0.6 is 0 Å². The third kappa shape index (κ3) is 5.82. The zero-order chi connectivity index (χ0) is 36.2. The predicted molar refractivity (Wildman–Crippen MR) is 177 cm³/mol. The van der Waals surface area contributed by atoms with E-state index < -0.39 is 66.5 Å². The van der Waals surface area contributed by atoms with Gasteiger partial charge in [-0.05, 0) is 80.0 Å². The van der Waals surface area contributed by atoms with Gasteiger partial charge in [-0.3, -0.25) is 4.79 Å². The fourth-order valence-electron chi connectivity index (χ4n) is 12.5. The van der Waals surface area contributed by atoms with Gasteiger partial charge in [0.15, 0.2) is 18.4 Å². The first-order valence-corrected chi connectivity index (χ1v) is 19.7. The molecule has 4 aliphatic heterocycles. The zero-order valence-electron chi connectivity index (χ0n) is 30.4. The number of aliphatic hydroxyl groups excluding tert-OH is 6. The van der Waals surface area contributed by atoms with Crippen LogP contribution in [0.4, 0.5) is 0 Å². The molecule has 13 nitrogen and oxygen atoms in total. The number of rotatable bonds is 5. The number of ketones is 1. The summed E-state index contributed by atoms with van der Waals surface area (Å²) in [6, 6.07) is 0. The van der Waals surface area contributed by atoms with Crippen LogP contribution < -0.4 is 0 Å². The molecule has 0 unspecified atom stereocenters. The number of hydrogen-bond donors (Lipinski definition) is 6. The zero-order valence-corrected chi connectivity index (χ0v) is 30.4. The summed E-state index contributed by atoms with van der Waals surface area (Å²) in [5, 5.41) is 62.1. The Bertz CT molecular complexity index is 1290. The number of hydrogen-bond acceptors (Lipinski definition) is 13. The quantitative estimate of drug-likeness (QED) is 0.222. The van der Waals surface area contributed by atoms with Crippen molar-refractivity contribution in [3.8, 4) is 0 Å². The number of Topliss-reactive ketones (excluding diaryl/α,β-unsaturated/α-hetero) is 1. The maximum Gasteiger partial charge on any atom is 0.186 e. The van der Waals surface area contributed by atoms with Crippen LogP contribution in [0.1, 0.15) is 85.5 Å². The molecule has 4 aliphatic carbocycles. The van der Waals surface area contributed by atoms with Crippen molar-refractivity contribution >= 4 is 5.78 Å². The summed E-state index contributed by atoms with van der Waals surface area (Å²) in [5.41, 5.74) is -0.419. The van der Waals surface area contributed by atoms with E-state index in [-0.39, 0.29) is 42.7 Å². The molecular formula is C38H60O13. The number of aliphatic hydroxyl groups is 6. The molecule has 0 aromatic carbocycles. The first-order valence-electron chi connectivity index (χ1n) is 19.7. The van der Waals surface area contributed by atoms with Crippen LogP contribution in [0.15, 0.2) is 0 Å². The van der Waals surface area contributed by atoms with Gasteiger partial charge in [0.25, 0.3) is 0 Å². The molecule has 13 heteroatoms. The van der Waals surface area contributed by atoms with Gasteiger partial charge >= 0.3 is 0 Å². The molecule has 8 rings (SSSR count). The van der Waals surface area contributed by atoms with Gasteiger partial charge in [0.1, 0.15) is 48.5 Å². The summed E-state index contributed by atoms with van der Waals surface area (Å²) in [6.07, 6.45) is -4.63. The minimum Gasteiger partial charge on any atom is -0.388 e. The Morgan fingerprint density at radius 3 is 2.33 bits per heavy atom. The molecule has 0 aromatic heterocycles. The van der Waals surface area contributed by atoms with Gasteiger partial charge in [-0.2, -0.15) is 0 Å². The lowest BCUT2D eigenvalue weighted by atomic mass is 9.44. The molecule has 8 aliphatic rings. The Balaban J connectivity index is 0.907. The van der Waals surface area contributed by atoms with E-state index in [0.717, 1.165) is 51.6 Å². The molecule has 0 amide bonds. The van der Waals surface area contributed by atoms with Crippen LogP contribution in [-0.4, -0.2) is 130 Å². The highest BCUT2D eigenvalue weighted by atomic mass is 16.7. The molecule has 4 saturated carbocycles. The second-order valence-corrected chi connectivity index (χ2v) is 18.2. The molecule has 6 N–H and O–H groups in total. The van der Waals surface area contributed by atoms with Crippen LogP contribution in [0.5, 0.6) is 0 Å². The van der Waals surface area contributed by atoms with Crippen LogP contribution in [0, 0.1) is 52.3 Å². The Kier molecular flexibility index (Phi) is 9.79. The summed E-state index contributed by atoms with van der Waals surface area (Å²) in [7, 11) is 0. The number of ether oxygens (including phenoxy) is 6. The van der Waals surface area contributed by atoms with Crippen molar-refractivity contribution < 1.29 is 63.9 Å². The van der Waals surface area contributed by atoms with Gasteiger partial charge < -0.3 is 59.1 Å². The van der Waals surface area contributed by atoms with E-state index in [9.17, 15) is 35.4 Å². The van der Waals surface area contributed by atoms with Crippen molar-refractivity contribution in [3.05, 3.63) is 0 Å². The van der Waals surface area contributed by atoms with Gasteiger partial charge in [0.2, 0.25) is 0 Å². The van der Waals surface area contributed by atoms with Crippen molar-refractivity contribution in [3.63, 3.8) is 0 Å². The summed E-state index contributed by atoms with van der Waals surface area (Å²) in [6.45, 7) is 9.27. The first-order chi connectivity index (χ1) is 24.2. The maximum atomic E-state index is 14.5.